The van der Waals surface area contributed by atoms with Gasteiger partial charge in [-0.1, -0.05) is 12.8 Å². The molecule has 0 bridgehead atoms. The van der Waals surface area contributed by atoms with E-state index in [4.69, 9.17) is 5.73 Å². The quantitative estimate of drug-likeness (QED) is 0.670. The normalized spacial score (nSPS) is 18.2. The van der Waals surface area contributed by atoms with Crippen LogP contribution in [0.1, 0.15) is 31.5 Å². The monoisotopic (exact) mass is 237 g/mol. The number of aromatic amines is 1. The third kappa shape index (κ3) is 2.63. The molecule has 4 N–H and O–H groups in total. The van der Waals surface area contributed by atoms with Crippen LogP contribution in [-0.4, -0.2) is 34.2 Å². The molecule has 1 aliphatic rings. The third-order valence-electron chi connectivity index (χ3n) is 3.55. The molecule has 1 heterocycles. The van der Waals surface area contributed by atoms with Crippen molar-refractivity contribution in [1.29, 1.82) is 0 Å². The second kappa shape index (κ2) is 5.27. The van der Waals surface area contributed by atoms with Gasteiger partial charge in [0.2, 0.25) is 5.91 Å². The molecule has 0 unspecified atom stereocenters. The predicted octanol–water partition coefficient (Wildman–Crippen LogP) is -0.0175. The number of carbonyl (C=O) groups is 1. The Labute approximate surface area is 100 Å². The van der Waals surface area contributed by atoms with Crippen LogP contribution in [0, 0.1) is 5.41 Å². The molecule has 2 rings (SSSR count). The third-order valence-corrected chi connectivity index (χ3v) is 3.55. The molecule has 1 saturated carbocycles. The molecule has 1 aromatic heterocycles. The molecular formula is C11H19N5O. The zero-order valence-electron chi connectivity index (χ0n) is 9.91. The summed E-state index contributed by atoms with van der Waals surface area (Å²) in [6.45, 7) is 1.02. The molecule has 1 aromatic rings. The minimum atomic E-state index is -0.318. The van der Waals surface area contributed by atoms with Gasteiger partial charge in [0.1, 0.15) is 12.2 Å². The maximum absolute atomic E-state index is 12.1. The summed E-state index contributed by atoms with van der Waals surface area (Å²) in [7, 11) is 0. The fourth-order valence-electron chi connectivity index (χ4n) is 2.41. The van der Waals surface area contributed by atoms with Crippen molar-refractivity contribution in [3.05, 3.63) is 12.2 Å². The van der Waals surface area contributed by atoms with Crippen molar-refractivity contribution in [2.45, 2.75) is 32.1 Å². The molecule has 0 aliphatic heterocycles. The molecule has 17 heavy (non-hydrogen) atoms. The van der Waals surface area contributed by atoms with E-state index in [1.54, 1.807) is 0 Å². The van der Waals surface area contributed by atoms with E-state index in [0.29, 0.717) is 19.5 Å². The van der Waals surface area contributed by atoms with Crippen LogP contribution in [0.25, 0.3) is 0 Å². The maximum atomic E-state index is 12.1. The van der Waals surface area contributed by atoms with Crippen LogP contribution in [0.3, 0.4) is 0 Å². The van der Waals surface area contributed by atoms with E-state index in [-0.39, 0.29) is 11.3 Å². The molecular weight excluding hydrogens is 218 g/mol. The summed E-state index contributed by atoms with van der Waals surface area (Å²) >= 11 is 0. The van der Waals surface area contributed by atoms with Crippen LogP contribution in [0.4, 0.5) is 0 Å². The molecule has 6 nitrogen and oxygen atoms in total. The first-order chi connectivity index (χ1) is 8.27. The van der Waals surface area contributed by atoms with Crippen molar-refractivity contribution >= 4 is 5.91 Å². The molecule has 0 atom stereocenters. The smallest absolute Gasteiger partial charge is 0.227 e. The van der Waals surface area contributed by atoms with Gasteiger partial charge in [0.05, 0.1) is 5.41 Å². The zero-order valence-corrected chi connectivity index (χ0v) is 9.91. The number of amides is 1. The highest BCUT2D eigenvalue weighted by Crippen LogP contribution is 2.37. The number of aromatic nitrogens is 3. The van der Waals surface area contributed by atoms with E-state index in [1.165, 1.54) is 6.33 Å². The molecule has 0 radical (unpaired) electrons. The fraction of sp³-hybridized carbons (Fsp3) is 0.727. The van der Waals surface area contributed by atoms with Crippen molar-refractivity contribution in [2.75, 3.05) is 13.1 Å². The number of nitrogens with two attached hydrogens (primary N) is 1. The highest BCUT2D eigenvalue weighted by Gasteiger charge is 2.39. The molecule has 0 saturated heterocycles. The van der Waals surface area contributed by atoms with Crippen molar-refractivity contribution in [1.82, 2.24) is 20.5 Å². The van der Waals surface area contributed by atoms with Gasteiger partial charge in [0, 0.05) is 19.5 Å². The molecule has 0 spiro atoms. The van der Waals surface area contributed by atoms with E-state index in [1.807, 2.05) is 0 Å². The van der Waals surface area contributed by atoms with E-state index in [2.05, 4.69) is 20.5 Å². The minimum Gasteiger partial charge on any atom is -0.355 e. The van der Waals surface area contributed by atoms with Gasteiger partial charge in [-0.3, -0.25) is 9.89 Å². The number of hydrogen-bond donors (Lipinski definition) is 3. The van der Waals surface area contributed by atoms with Crippen LogP contribution in [0.2, 0.25) is 0 Å². The Morgan fingerprint density at radius 2 is 2.29 bits per heavy atom. The second-order valence-corrected chi connectivity index (χ2v) is 4.63. The summed E-state index contributed by atoms with van der Waals surface area (Å²) in [5, 5.41) is 9.47. The van der Waals surface area contributed by atoms with Crippen molar-refractivity contribution in [3.63, 3.8) is 0 Å². The van der Waals surface area contributed by atoms with Crippen LogP contribution in [-0.2, 0) is 11.2 Å². The predicted molar refractivity (Wildman–Crippen MR) is 63.1 cm³/mol. The van der Waals surface area contributed by atoms with E-state index in [0.717, 1.165) is 31.5 Å². The van der Waals surface area contributed by atoms with Crippen molar-refractivity contribution in [2.24, 2.45) is 11.1 Å². The maximum Gasteiger partial charge on any atom is 0.227 e. The molecule has 1 fully saturated rings. The zero-order chi connectivity index (χ0) is 12.1. The van der Waals surface area contributed by atoms with E-state index >= 15 is 0 Å². The Hall–Kier alpha value is -1.43. The van der Waals surface area contributed by atoms with Crippen molar-refractivity contribution < 1.29 is 4.79 Å². The van der Waals surface area contributed by atoms with E-state index < -0.39 is 0 Å². The largest absolute Gasteiger partial charge is 0.355 e. The number of carbonyl (C=O) groups excluding carboxylic acids is 1. The average molecular weight is 237 g/mol. The lowest BCUT2D eigenvalue weighted by molar-refractivity contribution is -0.130. The van der Waals surface area contributed by atoms with E-state index in [9.17, 15) is 4.79 Å². The molecule has 0 aromatic carbocycles. The van der Waals surface area contributed by atoms with Gasteiger partial charge in [-0.05, 0) is 12.8 Å². The van der Waals surface area contributed by atoms with Gasteiger partial charge in [0.25, 0.3) is 0 Å². The van der Waals surface area contributed by atoms with Crippen LogP contribution in [0.5, 0.6) is 0 Å². The SMILES string of the molecule is NCC1(C(=O)NCCc2ncn[nH]2)CCCC1. The van der Waals surface area contributed by atoms with Crippen LogP contribution >= 0.6 is 0 Å². The van der Waals surface area contributed by atoms with Gasteiger partial charge in [-0.15, -0.1) is 0 Å². The summed E-state index contributed by atoms with van der Waals surface area (Å²) < 4.78 is 0. The lowest BCUT2D eigenvalue weighted by atomic mass is 9.85. The Morgan fingerprint density at radius 1 is 1.53 bits per heavy atom. The number of rotatable bonds is 5. The first-order valence-corrected chi connectivity index (χ1v) is 6.09. The lowest BCUT2D eigenvalue weighted by Crippen LogP contribution is -2.44. The summed E-state index contributed by atoms with van der Waals surface area (Å²) in [4.78, 5) is 16.1. The molecule has 1 aliphatic carbocycles. The Bertz CT molecular complexity index is 356. The van der Waals surface area contributed by atoms with Gasteiger partial charge in [-0.2, -0.15) is 5.10 Å². The van der Waals surface area contributed by atoms with Gasteiger partial charge in [-0.25, -0.2) is 4.98 Å². The van der Waals surface area contributed by atoms with Crippen LogP contribution < -0.4 is 11.1 Å². The van der Waals surface area contributed by atoms with Gasteiger partial charge >= 0.3 is 0 Å². The summed E-state index contributed by atoms with van der Waals surface area (Å²) in [5.74, 6) is 0.885. The average Bonchev–Trinajstić information content (AvgIpc) is 3.00. The lowest BCUT2D eigenvalue weighted by Gasteiger charge is -2.25. The number of hydrogen-bond acceptors (Lipinski definition) is 4. The van der Waals surface area contributed by atoms with Gasteiger partial charge in [0.15, 0.2) is 0 Å². The first-order valence-electron chi connectivity index (χ1n) is 6.09. The minimum absolute atomic E-state index is 0.0945. The first kappa shape index (κ1) is 12.0. The number of nitrogens with zero attached hydrogens (tertiary/aromatic N) is 2. The molecule has 6 heteroatoms. The Morgan fingerprint density at radius 3 is 2.88 bits per heavy atom. The van der Waals surface area contributed by atoms with Crippen molar-refractivity contribution in [3.8, 4) is 0 Å². The van der Waals surface area contributed by atoms with Gasteiger partial charge < -0.3 is 11.1 Å². The highest BCUT2D eigenvalue weighted by molar-refractivity contribution is 5.83. The number of nitrogens with one attached hydrogen (secondary N) is 2. The summed E-state index contributed by atoms with van der Waals surface area (Å²) in [6, 6.07) is 0. The second-order valence-electron chi connectivity index (χ2n) is 4.63. The topological polar surface area (TPSA) is 96.7 Å². The fourth-order valence-corrected chi connectivity index (χ4v) is 2.41. The van der Waals surface area contributed by atoms with Crippen LogP contribution in [0.15, 0.2) is 6.33 Å². The highest BCUT2D eigenvalue weighted by atomic mass is 16.2. The summed E-state index contributed by atoms with van der Waals surface area (Å²) in [5.41, 5.74) is 5.43. The molecule has 94 valence electrons. The number of H-pyrrole nitrogens is 1. The Balaban J connectivity index is 1.80. The Kier molecular flexibility index (Phi) is 3.73. The summed E-state index contributed by atoms with van der Waals surface area (Å²) in [6.07, 6.45) is 6.18. The molecule has 1 amide bonds. The standard InChI is InChI=1S/C11H19N5O/c12-7-11(4-1-2-5-11)10(17)13-6-3-9-14-8-15-16-9/h8H,1-7,12H2,(H,13,17)(H,14,15,16).